The van der Waals surface area contributed by atoms with Crippen molar-refractivity contribution in [1.29, 1.82) is 0 Å². The van der Waals surface area contributed by atoms with Gasteiger partial charge >= 0.3 is 5.91 Å². The average molecular weight is 219 g/mol. The molecule has 1 heterocycles. The molecule has 0 bridgehead atoms. The normalized spacial score (nSPS) is 11.2. The summed E-state index contributed by atoms with van der Waals surface area (Å²) in [5.41, 5.74) is 5.13. The van der Waals surface area contributed by atoms with Gasteiger partial charge in [-0.25, -0.2) is 13.1 Å². The van der Waals surface area contributed by atoms with E-state index >= 15 is 0 Å². The zero-order valence-corrected chi connectivity index (χ0v) is 8.13. The first kappa shape index (κ1) is 10.4. The van der Waals surface area contributed by atoms with Crippen molar-refractivity contribution in [3.05, 3.63) is 5.82 Å². The van der Waals surface area contributed by atoms with Crippen LogP contribution < -0.4 is 10.5 Å². The van der Waals surface area contributed by atoms with E-state index < -0.39 is 15.9 Å². The van der Waals surface area contributed by atoms with Gasteiger partial charge in [-0.15, -0.1) is 5.10 Å². The summed E-state index contributed by atoms with van der Waals surface area (Å²) in [5, 5.41) is 5.57. The van der Waals surface area contributed by atoms with Gasteiger partial charge in [0.15, 0.2) is 0 Å². The largest absolute Gasteiger partial charge is 0.366 e. The van der Waals surface area contributed by atoms with Crippen molar-refractivity contribution in [2.75, 3.05) is 11.5 Å². The molecule has 8 nitrogen and oxygen atoms in total. The molecule has 0 aliphatic rings. The number of H-pyrrole nitrogens is 1. The molecule has 0 aliphatic carbocycles. The Balaban J connectivity index is 2.78. The molecule has 1 aromatic heterocycles. The number of rotatable bonds is 3. The lowest BCUT2D eigenvalue weighted by Gasteiger charge is -2.00. The van der Waals surface area contributed by atoms with Crippen molar-refractivity contribution in [2.45, 2.75) is 6.92 Å². The van der Waals surface area contributed by atoms with Crippen LogP contribution in [0.15, 0.2) is 0 Å². The molecule has 0 spiro atoms. The van der Waals surface area contributed by atoms with Crippen LogP contribution in [-0.2, 0) is 10.0 Å². The number of nitrogens with zero attached hydrogens (tertiary/aromatic N) is 2. The summed E-state index contributed by atoms with van der Waals surface area (Å²) in [6.07, 6.45) is 0. The zero-order chi connectivity index (χ0) is 10.8. The molecule has 0 aromatic carbocycles. The lowest BCUT2D eigenvalue weighted by atomic mass is 10.6. The number of nitrogens with one attached hydrogen (secondary N) is 2. The minimum Gasteiger partial charge on any atom is -0.366 e. The van der Waals surface area contributed by atoms with Crippen LogP contribution in [0.4, 0.5) is 5.95 Å². The van der Waals surface area contributed by atoms with Crippen molar-refractivity contribution < 1.29 is 13.2 Å². The summed E-state index contributed by atoms with van der Waals surface area (Å²) < 4.78 is 23.7. The van der Waals surface area contributed by atoms with Crippen LogP contribution in [0.1, 0.15) is 17.5 Å². The minimum atomic E-state index is -3.59. The van der Waals surface area contributed by atoms with Crippen LogP contribution in [0.25, 0.3) is 0 Å². The first-order chi connectivity index (χ1) is 6.44. The zero-order valence-electron chi connectivity index (χ0n) is 7.31. The predicted molar refractivity (Wildman–Crippen MR) is 47.7 cm³/mol. The molecule has 1 rings (SSSR count). The van der Waals surface area contributed by atoms with Crippen molar-refractivity contribution in [3.8, 4) is 0 Å². The first-order valence-corrected chi connectivity index (χ1v) is 5.32. The molecule has 0 radical (unpaired) electrons. The molecule has 1 aromatic rings. The highest BCUT2D eigenvalue weighted by Crippen LogP contribution is 1.94. The van der Waals surface area contributed by atoms with Gasteiger partial charge in [-0.05, 0) is 6.92 Å². The van der Waals surface area contributed by atoms with Gasteiger partial charge in [-0.1, -0.05) is 0 Å². The molecular weight excluding hydrogens is 210 g/mol. The maximum absolute atomic E-state index is 11.2. The molecule has 9 heteroatoms. The SMILES string of the molecule is CCS(=O)(=O)NC(=O)c1nc(N)n[nH]1. The number of nitrogen functional groups attached to an aromatic ring is 1. The van der Waals surface area contributed by atoms with Crippen LogP contribution in [0, 0.1) is 0 Å². The predicted octanol–water partition coefficient (Wildman–Crippen LogP) is -1.53. The highest BCUT2D eigenvalue weighted by Gasteiger charge is 2.16. The van der Waals surface area contributed by atoms with Crippen molar-refractivity contribution >= 4 is 21.9 Å². The third kappa shape index (κ3) is 2.42. The molecule has 1 amide bonds. The molecule has 78 valence electrons. The maximum Gasteiger partial charge on any atom is 0.302 e. The second kappa shape index (κ2) is 3.62. The highest BCUT2D eigenvalue weighted by molar-refractivity contribution is 7.90. The van der Waals surface area contributed by atoms with E-state index in [0.717, 1.165) is 0 Å². The fourth-order valence-corrected chi connectivity index (χ4v) is 1.16. The number of nitrogens with two attached hydrogens (primary N) is 1. The van der Waals surface area contributed by atoms with Crippen molar-refractivity contribution in [1.82, 2.24) is 19.9 Å². The van der Waals surface area contributed by atoms with Crippen LogP contribution in [0.2, 0.25) is 0 Å². The fraction of sp³-hybridized carbons (Fsp3) is 0.400. The van der Waals surface area contributed by atoms with Crippen LogP contribution >= 0.6 is 0 Å². The van der Waals surface area contributed by atoms with Gasteiger partial charge in [0.05, 0.1) is 5.75 Å². The van der Waals surface area contributed by atoms with E-state index in [1.165, 1.54) is 6.92 Å². The van der Waals surface area contributed by atoms with Gasteiger partial charge in [0.25, 0.3) is 0 Å². The van der Waals surface area contributed by atoms with Crippen LogP contribution in [0.3, 0.4) is 0 Å². The molecular formula is C5H9N5O3S. The number of anilines is 1. The molecule has 0 saturated carbocycles. The second-order valence-corrected chi connectivity index (χ2v) is 4.39. The Hall–Kier alpha value is -1.64. The number of carbonyl (C=O) groups excluding carboxylic acids is 1. The van der Waals surface area contributed by atoms with Crippen LogP contribution in [0.5, 0.6) is 0 Å². The lowest BCUT2D eigenvalue weighted by Crippen LogP contribution is -2.32. The number of hydrogen-bond donors (Lipinski definition) is 3. The lowest BCUT2D eigenvalue weighted by molar-refractivity contribution is 0.0972. The Morgan fingerprint density at radius 3 is 2.71 bits per heavy atom. The number of aromatic nitrogens is 3. The van der Waals surface area contributed by atoms with Gasteiger partial charge in [-0.3, -0.25) is 9.89 Å². The van der Waals surface area contributed by atoms with E-state index in [0.29, 0.717) is 0 Å². The first-order valence-electron chi connectivity index (χ1n) is 3.67. The van der Waals surface area contributed by atoms with Gasteiger partial charge < -0.3 is 5.73 Å². The average Bonchev–Trinajstić information content (AvgIpc) is 2.51. The monoisotopic (exact) mass is 219 g/mol. The quantitative estimate of drug-likeness (QED) is 0.565. The van der Waals surface area contributed by atoms with E-state index in [9.17, 15) is 13.2 Å². The number of aromatic amines is 1. The van der Waals surface area contributed by atoms with Crippen molar-refractivity contribution in [2.24, 2.45) is 0 Å². The smallest absolute Gasteiger partial charge is 0.302 e. The van der Waals surface area contributed by atoms with Crippen LogP contribution in [-0.4, -0.2) is 35.3 Å². The Bertz CT molecular complexity index is 436. The summed E-state index contributed by atoms with van der Waals surface area (Å²) >= 11 is 0. The molecule has 0 atom stereocenters. The standard InChI is InChI=1S/C5H9N5O3S/c1-2-14(12,13)10-4(11)3-7-5(6)9-8-3/h2H2,1H3,(H,10,11)(H3,6,7,8,9). The van der Waals surface area contributed by atoms with E-state index in [1.54, 1.807) is 4.72 Å². The molecule has 0 aliphatic heterocycles. The molecule has 0 unspecified atom stereocenters. The topological polar surface area (TPSA) is 131 Å². The second-order valence-electron chi connectivity index (χ2n) is 2.38. The summed E-state index contributed by atoms with van der Waals surface area (Å²) in [6, 6.07) is 0. The molecule has 0 fully saturated rings. The van der Waals surface area contributed by atoms with E-state index in [2.05, 4.69) is 15.2 Å². The number of carbonyl (C=O) groups is 1. The highest BCUT2D eigenvalue weighted by atomic mass is 32.2. The number of sulfonamides is 1. The maximum atomic E-state index is 11.2. The Kier molecular flexibility index (Phi) is 2.70. The minimum absolute atomic E-state index is 0.121. The summed E-state index contributed by atoms with van der Waals surface area (Å²) in [6.45, 7) is 1.41. The summed E-state index contributed by atoms with van der Waals surface area (Å²) in [4.78, 5) is 14.6. The Morgan fingerprint density at radius 2 is 2.29 bits per heavy atom. The van der Waals surface area contributed by atoms with Gasteiger partial charge in [0.2, 0.25) is 21.8 Å². The molecule has 14 heavy (non-hydrogen) atoms. The van der Waals surface area contributed by atoms with E-state index in [-0.39, 0.29) is 17.5 Å². The molecule has 0 saturated heterocycles. The number of hydrogen-bond acceptors (Lipinski definition) is 6. The molecule has 4 N–H and O–H groups in total. The van der Waals surface area contributed by atoms with Crippen molar-refractivity contribution in [3.63, 3.8) is 0 Å². The van der Waals surface area contributed by atoms with Gasteiger partial charge in [0.1, 0.15) is 0 Å². The van der Waals surface area contributed by atoms with E-state index in [4.69, 9.17) is 5.73 Å². The fourth-order valence-electron chi connectivity index (χ4n) is 0.638. The third-order valence-corrected chi connectivity index (χ3v) is 2.60. The number of amides is 1. The van der Waals surface area contributed by atoms with Gasteiger partial charge in [-0.2, -0.15) is 4.98 Å². The third-order valence-electron chi connectivity index (χ3n) is 1.35. The van der Waals surface area contributed by atoms with Gasteiger partial charge in [0, 0.05) is 0 Å². The summed E-state index contributed by atoms with van der Waals surface area (Å²) in [7, 11) is -3.59. The van der Waals surface area contributed by atoms with E-state index in [1.807, 2.05) is 0 Å². The Labute approximate surface area is 80.0 Å². The Morgan fingerprint density at radius 1 is 1.64 bits per heavy atom. The summed E-state index contributed by atoms with van der Waals surface area (Å²) in [5.74, 6) is -1.43.